The second kappa shape index (κ2) is 13.7. The predicted octanol–water partition coefficient (Wildman–Crippen LogP) is 5.20. The molecule has 8 nitrogen and oxygen atoms in total. The maximum Gasteiger partial charge on any atom is 0.295 e. The molecule has 8 heteroatoms. The lowest BCUT2D eigenvalue weighted by Gasteiger charge is -2.29. The van der Waals surface area contributed by atoms with E-state index in [-0.39, 0.29) is 17.4 Å². The first-order valence-corrected chi connectivity index (χ1v) is 14.5. The van der Waals surface area contributed by atoms with Gasteiger partial charge < -0.3 is 24.2 Å². The maximum absolute atomic E-state index is 13.4. The van der Waals surface area contributed by atoms with E-state index in [1.165, 1.54) is 0 Å². The number of hydrogen-bond acceptors (Lipinski definition) is 7. The fourth-order valence-corrected chi connectivity index (χ4v) is 5.35. The van der Waals surface area contributed by atoms with E-state index in [4.69, 9.17) is 14.2 Å². The average molecular weight is 571 g/mol. The Morgan fingerprint density at radius 1 is 0.905 bits per heavy atom. The highest BCUT2D eigenvalue weighted by atomic mass is 16.5. The Balaban J connectivity index is 1.41. The molecule has 1 amide bonds. The van der Waals surface area contributed by atoms with Crippen LogP contribution < -0.4 is 9.47 Å². The molecule has 0 aliphatic carbocycles. The SMILES string of the molecule is CC(C)Oc1ccc(/C(O)=C2\C(=O)C(=O)N(CCCN3CCOCC3)C2c2ccc(OCc3ccccc3)cc2)cc1. The molecule has 0 spiro atoms. The van der Waals surface area contributed by atoms with Gasteiger partial charge in [0, 0.05) is 31.7 Å². The van der Waals surface area contributed by atoms with E-state index in [1.807, 2.05) is 68.4 Å². The molecule has 220 valence electrons. The summed E-state index contributed by atoms with van der Waals surface area (Å²) in [5.41, 5.74) is 2.32. The molecule has 3 aromatic carbocycles. The number of morpholine rings is 1. The molecule has 2 aliphatic heterocycles. The van der Waals surface area contributed by atoms with Gasteiger partial charge >= 0.3 is 0 Å². The highest BCUT2D eigenvalue weighted by molar-refractivity contribution is 6.46. The molecule has 2 aliphatic rings. The summed E-state index contributed by atoms with van der Waals surface area (Å²) >= 11 is 0. The molecular weight excluding hydrogens is 532 g/mol. The number of Topliss-reactive ketones (excluding diaryl/α,β-unsaturated/α-hetero) is 1. The van der Waals surface area contributed by atoms with Crippen molar-refractivity contribution in [3.05, 3.63) is 101 Å². The van der Waals surface area contributed by atoms with Gasteiger partial charge in [0.25, 0.3) is 11.7 Å². The van der Waals surface area contributed by atoms with E-state index in [0.717, 1.165) is 30.8 Å². The standard InChI is InChI=1S/C34H38N2O6/c1-24(2)42-29-15-11-27(12-16-29)32(37)30-31(26-9-13-28(14-10-26)41-23-25-7-4-3-5-8-25)36(34(39)33(30)38)18-6-17-35-19-21-40-22-20-35/h3-5,7-16,24,31,37H,6,17-23H2,1-2H3/b32-30+. The fraction of sp³-hybridized carbons (Fsp3) is 0.353. The number of ketones is 1. The van der Waals surface area contributed by atoms with Crippen LogP contribution in [0.3, 0.4) is 0 Å². The van der Waals surface area contributed by atoms with Gasteiger partial charge in [0.1, 0.15) is 23.9 Å². The summed E-state index contributed by atoms with van der Waals surface area (Å²) in [5.74, 6) is -0.154. The van der Waals surface area contributed by atoms with Gasteiger partial charge in [-0.3, -0.25) is 14.5 Å². The molecule has 42 heavy (non-hydrogen) atoms. The number of ether oxygens (including phenoxy) is 3. The lowest BCUT2D eigenvalue weighted by molar-refractivity contribution is -0.140. The molecule has 0 bridgehead atoms. The molecule has 0 aromatic heterocycles. The molecule has 3 aromatic rings. The van der Waals surface area contributed by atoms with Crippen LogP contribution in [0, 0.1) is 0 Å². The van der Waals surface area contributed by atoms with Gasteiger partial charge in [0.15, 0.2) is 0 Å². The number of aliphatic hydroxyl groups is 1. The molecule has 2 saturated heterocycles. The molecule has 2 fully saturated rings. The van der Waals surface area contributed by atoms with Crippen molar-refractivity contribution in [3.8, 4) is 11.5 Å². The van der Waals surface area contributed by atoms with Gasteiger partial charge in [0.2, 0.25) is 0 Å². The van der Waals surface area contributed by atoms with Crippen molar-refractivity contribution in [3.63, 3.8) is 0 Å². The number of likely N-dealkylation sites (tertiary alicyclic amines) is 1. The summed E-state index contributed by atoms with van der Waals surface area (Å²) in [4.78, 5) is 30.7. The van der Waals surface area contributed by atoms with Crippen LogP contribution in [0.4, 0.5) is 0 Å². The fourth-order valence-electron chi connectivity index (χ4n) is 5.35. The minimum Gasteiger partial charge on any atom is -0.507 e. The summed E-state index contributed by atoms with van der Waals surface area (Å²) in [6.07, 6.45) is 0.704. The monoisotopic (exact) mass is 570 g/mol. The smallest absolute Gasteiger partial charge is 0.295 e. The number of hydrogen-bond donors (Lipinski definition) is 1. The Kier molecular flexibility index (Phi) is 9.56. The number of rotatable bonds is 11. The van der Waals surface area contributed by atoms with Crippen molar-refractivity contribution in [2.24, 2.45) is 0 Å². The summed E-state index contributed by atoms with van der Waals surface area (Å²) in [5, 5.41) is 11.4. The Hall–Kier alpha value is -4.14. The van der Waals surface area contributed by atoms with Gasteiger partial charge in [-0.15, -0.1) is 0 Å². The molecule has 2 heterocycles. The number of nitrogens with zero attached hydrogens (tertiary/aromatic N) is 2. The van der Waals surface area contributed by atoms with Crippen LogP contribution in [-0.4, -0.2) is 72.1 Å². The average Bonchev–Trinajstić information content (AvgIpc) is 3.26. The first kappa shape index (κ1) is 29.4. The van der Waals surface area contributed by atoms with Crippen molar-refractivity contribution in [2.75, 3.05) is 39.4 Å². The highest BCUT2D eigenvalue weighted by Gasteiger charge is 2.45. The zero-order valence-corrected chi connectivity index (χ0v) is 24.2. The van der Waals surface area contributed by atoms with E-state index >= 15 is 0 Å². The Morgan fingerprint density at radius 3 is 2.24 bits per heavy atom. The summed E-state index contributed by atoms with van der Waals surface area (Å²) in [7, 11) is 0. The van der Waals surface area contributed by atoms with Crippen LogP contribution in [-0.2, 0) is 20.9 Å². The zero-order chi connectivity index (χ0) is 29.5. The van der Waals surface area contributed by atoms with Crippen LogP contribution in [0.1, 0.15) is 43.0 Å². The van der Waals surface area contributed by atoms with Crippen LogP contribution in [0.25, 0.3) is 5.76 Å². The zero-order valence-electron chi connectivity index (χ0n) is 24.2. The Morgan fingerprint density at radius 2 is 1.57 bits per heavy atom. The van der Waals surface area contributed by atoms with Gasteiger partial charge in [-0.25, -0.2) is 0 Å². The topological polar surface area (TPSA) is 88.5 Å². The third-order valence-corrected chi connectivity index (χ3v) is 7.46. The van der Waals surface area contributed by atoms with E-state index in [1.54, 1.807) is 29.2 Å². The van der Waals surface area contributed by atoms with Crippen LogP contribution in [0.2, 0.25) is 0 Å². The molecule has 1 unspecified atom stereocenters. The second-order valence-electron chi connectivity index (χ2n) is 10.8. The number of carbonyl (C=O) groups is 2. The summed E-state index contributed by atoms with van der Waals surface area (Å²) in [6.45, 7) is 8.58. The maximum atomic E-state index is 13.4. The number of benzene rings is 3. The van der Waals surface area contributed by atoms with E-state index in [0.29, 0.717) is 49.8 Å². The van der Waals surface area contributed by atoms with Gasteiger partial charge in [-0.2, -0.15) is 0 Å². The van der Waals surface area contributed by atoms with Crippen molar-refractivity contribution in [1.29, 1.82) is 0 Å². The number of aliphatic hydroxyl groups excluding tert-OH is 1. The first-order chi connectivity index (χ1) is 20.4. The van der Waals surface area contributed by atoms with E-state index < -0.39 is 17.7 Å². The predicted molar refractivity (Wildman–Crippen MR) is 160 cm³/mol. The Bertz CT molecular complexity index is 1380. The third-order valence-electron chi connectivity index (χ3n) is 7.46. The highest BCUT2D eigenvalue weighted by Crippen LogP contribution is 2.40. The van der Waals surface area contributed by atoms with Gasteiger partial charge in [0.05, 0.1) is 30.9 Å². The minimum atomic E-state index is -0.718. The van der Waals surface area contributed by atoms with Crippen LogP contribution >= 0.6 is 0 Å². The lowest BCUT2D eigenvalue weighted by atomic mass is 9.95. The van der Waals surface area contributed by atoms with Crippen LogP contribution in [0.5, 0.6) is 11.5 Å². The summed E-state index contributed by atoms with van der Waals surface area (Å²) in [6, 6.07) is 23.5. The molecule has 1 N–H and O–H groups in total. The van der Waals surface area contributed by atoms with Gasteiger partial charge in [-0.05, 0) is 67.8 Å². The lowest BCUT2D eigenvalue weighted by Crippen LogP contribution is -2.38. The molecule has 0 saturated carbocycles. The third kappa shape index (κ3) is 7.01. The molecular formula is C34H38N2O6. The van der Waals surface area contributed by atoms with Crippen LogP contribution in [0.15, 0.2) is 84.4 Å². The number of carbonyl (C=O) groups excluding carboxylic acids is 2. The first-order valence-electron chi connectivity index (χ1n) is 14.5. The van der Waals surface area contributed by atoms with E-state index in [2.05, 4.69) is 4.90 Å². The minimum absolute atomic E-state index is 0.00637. The Labute approximate surface area is 247 Å². The second-order valence-corrected chi connectivity index (χ2v) is 10.8. The normalized spacial score (nSPS) is 18.9. The molecule has 0 radical (unpaired) electrons. The largest absolute Gasteiger partial charge is 0.507 e. The molecule has 1 atom stereocenters. The van der Waals surface area contributed by atoms with Crippen molar-refractivity contribution < 1.29 is 28.9 Å². The van der Waals surface area contributed by atoms with Crippen molar-refractivity contribution in [1.82, 2.24) is 9.80 Å². The van der Waals surface area contributed by atoms with Gasteiger partial charge in [-0.1, -0.05) is 42.5 Å². The van der Waals surface area contributed by atoms with Crippen molar-refractivity contribution >= 4 is 17.4 Å². The number of amides is 1. The van der Waals surface area contributed by atoms with E-state index in [9.17, 15) is 14.7 Å². The summed E-state index contributed by atoms with van der Waals surface area (Å²) < 4.78 is 17.1. The molecule has 5 rings (SSSR count). The van der Waals surface area contributed by atoms with Crippen molar-refractivity contribution in [2.45, 2.75) is 39.0 Å². The quantitative estimate of drug-likeness (QED) is 0.193.